The molecule has 3 heteroatoms. The second kappa shape index (κ2) is 5.09. The van der Waals surface area contributed by atoms with Crippen molar-refractivity contribution in [3.63, 3.8) is 0 Å². The second-order valence-corrected chi connectivity index (χ2v) is 2.33. The topological polar surface area (TPSA) is 49.0 Å². The van der Waals surface area contributed by atoms with Crippen LogP contribution in [-0.2, 0) is 5.11 Å². The predicted molar refractivity (Wildman–Crippen MR) is 38.2 cm³/mol. The minimum Gasteiger partial charge on any atom is -0.316 e. The summed E-state index contributed by atoms with van der Waals surface area (Å²) in [6.45, 7) is 3.98. The van der Waals surface area contributed by atoms with Crippen LogP contribution in [0.5, 0.6) is 0 Å². The summed E-state index contributed by atoms with van der Waals surface area (Å²) in [4.78, 5) is 10.0. The molecule has 0 aliphatic rings. The van der Waals surface area contributed by atoms with Crippen molar-refractivity contribution in [2.75, 3.05) is 0 Å². The Hall–Kier alpha value is -0.730. The first kappa shape index (κ1) is 9.27. The fourth-order valence-corrected chi connectivity index (χ4v) is 0.893. The zero-order chi connectivity index (χ0) is 7.98. The smallest absolute Gasteiger partial charge is 0.316 e. The Morgan fingerprint density at radius 1 is 1.50 bits per heavy atom. The molecule has 0 heterocycles. The molecule has 10 heavy (non-hydrogen) atoms. The maximum Gasteiger partial charge on any atom is 0.450 e. The van der Waals surface area contributed by atoms with E-state index >= 15 is 0 Å². The molecule has 0 aromatic rings. The predicted octanol–water partition coefficient (Wildman–Crippen LogP) is 1.71. The molecule has 1 unspecified atom stereocenters. The lowest BCUT2D eigenvalue weighted by molar-refractivity contribution is 0.163. The third kappa shape index (κ3) is 4.18. The molecule has 59 valence electrons. The minimum absolute atomic E-state index is 0.0787. The first-order valence-electron chi connectivity index (χ1n) is 3.68. The number of hydrogen-bond acceptors (Lipinski definition) is 1. The van der Waals surface area contributed by atoms with Crippen LogP contribution in [0.4, 0.5) is 4.79 Å². The molecular weight excluding hydrogens is 130 g/mol. The lowest BCUT2D eigenvalue weighted by atomic mass is 10.1. The Morgan fingerprint density at radius 3 is 2.40 bits per heavy atom. The molecule has 0 saturated carbocycles. The maximum absolute atomic E-state index is 10.0. The molecular formula is C7H14NO2. The molecule has 1 radical (unpaired) electrons. The number of carbonyl (C=O) groups excluding carboxylic acids is 1. The largest absolute Gasteiger partial charge is 0.450 e. The van der Waals surface area contributed by atoms with Gasteiger partial charge in [0.15, 0.2) is 0 Å². The summed E-state index contributed by atoms with van der Waals surface area (Å²) in [5.41, 5.74) is 0. The number of hydrogen-bond donors (Lipinski definition) is 1. The van der Waals surface area contributed by atoms with Gasteiger partial charge < -0.3 is 5.32 Å². The summed E-state index contributed by atoms with van der Waals surface area (Å²) >= 11 is 0. The highest BCUT2D eigenvalue weighted by Crippen LogP contribution is 1.99. The van der Waals surface area contributed by atoms with Crippen molar-refractivity contribution in [3.8, 4) is 0 Å². The van der Waals surface area contributed by atoms with E-state index in [-0.39, 0.29) is 6.04 Å². The van der Waals surface area contributed by atoms with Crippen LogP contribution in [-0.4, -0.2) is 12.1 Å². The zero-order valence-corrected chi connectivity index (χ0v) is 6.52. The van der Waals surface area contributed by atoms with Crippen molar-refractivity contribution in [2.45, 2.75) is 39.2 Å². The molecule has 3 nitrogen and oxygen atoms in total. The van der Waals surface area contributed by atoms with Gasteiger partial charge in [-0.2, -0.15) is 0 Å². The Bertz CT molecular complexity index is 104. The lowest BCUT2D eigenvalue weighted by Gasteiger charge is -2.11. The summed E-state index contributed by atoms with van der Waals surface area (Å²) in [6, 6.07) is 0.0787. The molecule has 0 aliphatic carbocycles. The third-order valence-corrected chi connectivity index (χ3v) is 1.45. The molecule has 0 bridgehead atoms. The Labute approximate surface area is 61.4 Å². The van der Waals surface area contributed by atoms with E-state index in [0.717, 1.165) is 19.3 Å². The zero-order valence-electron chi connectivity index (χ0n) is 6.52. The van der Waals surface area contributed by atoms with E-state index in [4.69, 9.17) is 0 Å². The Balaban J connectivity index is 3.49. The monoisotopic (exact) mass is 144 g/mol. The third-order valence-electron chi connectivity index (χ3n) is 1.45. The van der Waals surface area contributed by atoms with Gasteiger partial charge in [-0.25, -0.2) is 9.90 Å². The van der Waals surface area contributed by atoms with Crippen LogP contribution in [0.1, 0.15) is 33.1 Å². The van der Waals surface area contributed by atoms with Crippen LogP contribution < -0.4 is 5.32 Å². The molecule has 1 atom stereocenters. The molecule has 1 N–H and O–H groups in total. The van der Waals surface area contributed by atoms with E-state index in [1.54, 1.807) is 0 Å². The molecule has 0 rings (SSSR count). The van der Waals surface area contributed by atoms with Gasteiger partial charge in [-0.05, 0) is 12.8 Å². The Morgan fingerprint density at radius 2 is 2.10 bits per heavy atom. The van der Waals surface area contributed by atoms with Crippen molar-refractivity contribution in [1.82, 2.24) is 5.32 Å². The van der Waals surface area contributed by atoms with Crippen molar-refractivity contribution in [2.24, 2.45) is 0 Å². The molecule has 0 saturated heterocycles. The normalized spacial score (nSPS) is 12.6. The number of amides is 1. The quantitative estimate of drug-likeness (QED) is 0.641. The highest BCUT2D eigenvalue weighted by Gasteiger charge is 2.07. The van der Waals surface area contributed by atoms with Crippen molar-refractivity contribution < 1.29 is 9.90 Å². The maximum atomic E-state index is 10.0. The van der Waals surface area contributed by atoms with Gasteiger partial charge in [0, 0.05) is 6.04 Å². The van der Waals surface area contributed by atoms with Crippen LogP contribution in [0.15, 0.2) is 0 Å². The molecule has 0 aromatic carbocycles. The lowest BCUT2D eigenvalue weighted by Crippen LogP contribution is -2.32. The van der Waals surface area contributed by atoms with E-state index in [1.165, 1.54) is 0 Å². The van der Waals surface area contributed by atoms with Crippen molar-refractivity contribution in [1.29, 1.82) is 0 Å². The minimum atomic E-state index is -1.17. The van der Waals surface area contributed by atoms with Gasteiger partial charge in [0.05, 0.1) is 0 Å². The van der Waals surface area contributed by atoms with Crippen LogP contribution in [0.2, 0.25) is 0 Å². The van der Waals surface area contributed by atoms with Gasteiger partial charge in [-0.15, -0.1) is 0 Å². The molecule has 0 aromatic heterocycles. The summed E-state index contributed by atoms with van der Waals surface area (Å²) in [6.07, 6.45) is 1.56. The van der Waals surface area contributed by atoms with E-state index in [9.17, 15) is 9.90 Å². The summed E-state index contributed by atoms with van der Waals surface area (Å²) in [5.74, 6) is 0. The van der Waals surface area contributed by atoms with Gasteiger partial charge in [-0.3, -0.25) is 0 Å². The van der Waals surface area contributed by atoms with Gasteiger partial charge in [0.1, 0.15) is 0 Å². The van der Waals surface area contributed by atoms with Gasteiger partial charge in [0.2, 0.25) is 0 Å². The van der Waals surface area contributed by atoms with E-state index < -0.39 is 6.09 Å². The van der Waals surface area contributed by atoms with Gasteiger partial charge in [-0.1, -0.05) is 20.3 Å². The van der Waals surface area contributed by atoms with Crippen molar-refractivity contribution in [3.05, 3.63) is 0 Å². The van der Waals surface area contributed by atoms with E-state index in [2.05, 4.69) is 5.32 Å². The fourth-order valence-electron chi connectivity index (χ4n) is 0.893. The summed E-state index contributed by atoms with van der Waals surface area (Å²) < 4.78 is 0. The first-order valence-corrected chi connectivity index (χ1v) is 3.68. The number of nitrogens with one attached hydrogen (secondary N) is 1. The Kier molecular flexibility index (Phi) is 4.72. The first-order chi connectivity index (χ1) is 4.70. The van der Waals surface area contributed by atoms with Gasteiger partial charge in [0.25, 0.3) is 0 Å². The molecule has 0 aliphatic heterocycles. The van der Waals surface area contributed by atoms with Crippen molar-refractivity contribution >= 4 is 6.09 Å². The van der Waals surface area contributed by atoms with E-state index in [1.807, 2.05) is 13.8 Å². The average Bonchev–Trinajstić information content (AvgIpc) is 1.86. The van der Waals surface area contributed by atoms with Crippen LogP contribution in [0.3, 0.4) is 0 Å². The number of rotatable bonds is 4. The SMILES string of the molecule is CCCC(CC)NC([O])=O. The van der Waals surface area contributed by atoms with E-state index in [0.29, 0.717) is 0 Å². The van der Waals surface area contributed by atoms with Crippen LogP contribution in [0, 0.1) is 0 Å². The molecule has 0 fully saturated rings. The van der Waals surface area contributed by atoms with Crippen LogP contribution in [0.25, 0.3) is 0 Å². The fraction of sp³-hybridized carbons (Fsp3) is 0.857. The molecule has 1 amide bonds. The standard InChI is InChI=1S/C7H14NO2/c1-3-5-6(4-2)8-7(9)10/h6,8H,3-5H2,1-2H3. The van der Waals surface area contributed by atoms with Gasteiger partial charge >= 0.3 is 6.09 Å². The average molecular weight is 144 g/mol. The number of carbonyl (C=O) groups is 1. The second-order valence-electron chi connectivity index (χ2n) is 2.33. The molecule has 0 spiro atoms. The summed E-state index contributed by atoms with van der Waals surface area (Å²) in [5, 5.41) is 12.4. The summed E-state index contributed by atoms with van der Waals surface area (Å²) in [7, 11) is 0. The van der Waals surface area contributed by atoms with Crippen LogP contribution >= 0.6 is 0 Å². The highest BCUT2D eigenvalue weighted by atomic mass is 16.4. The highest BCUT2D eigenvalue weighted by molar-refractivity contribution is 5.64.